The molecular weight excluding hydrogens is 270 g/mol. The van der Waals surface area contributed by atoms with Crippen molar-refractivity contribution in [3.05, 3.63) is 40.1 Å². The first-order valence-electron chi connectivity index (χ1n) is 6.86. The first-order chi connectivity index (χ1) is 9.81. The van der Waals surface area contributed by atoms with Crippen molar-refractivity contribution >= 4 is 17.0 Å². The van der Waals surface area contributed by atoms with Crippen molar-refractivity contribution in [2.75, 3.05) is 19.5 Å². The maximum Gasteiger partial charge on any atom is 0.162 e. The molecule has 0 amide bonds. The van der Waals surface area contributed by atoms with Gasteiger partial charge in [0.2, 0.25) is 0 Å². The largest absolute Gasteiger partial charge is 0.493 e. The standard InChI is InChI=1S/C16H19NO2S/c1-18-14-7-6-11(10-15(14)19-2)17-13-4-3-5-16-12(13)8-9-20-16/h6-10,13,17H,3-5H2,1-2H3. The van der Waals surface area contributed by atoms with E-state index in [9.17, 15) is 0 Å². The number of nitrogens with one attached hydrogen (secondary N) is 1. The molecule has 4 heteroatoms. The van der Waals surface area contributed by atoms with Gasteiger partial charge in [-0.1, -0.05) is 0 Å². The molecule has 1 aliphatic carbocycles. The summed E-state index contributed by atoms with van der Waals surface area (Å²) in [6, 6.07) is 8.64. The van der Waals surface area contributed by atoms with Crippen molar-refractivity contribution in [2.24, 2.45) is 0 Å². The van der Waals surface area contributed by atoms with E-state index >= 15 is 0 Å². The fourth-order valence-electron chi connectivity index (χ4n) is 2.76. The van der Waals surface area contributed by atoms with Crippen molar-refractivity contribution in [3.63, 3.8) is 0 Å². The number of aryl methyl sites for hydroxylation is 1. The van der Waals surface area contributed by atoms with Crippen molar-refractivity contribution in [1.29, 1.82) is 0 Å². The summed E-state index contributed by atoms with van der Waals surface area (Å²) in [4.78, 5) is 1.52. The molecule has 1 N–H and O–H groups in total. The van der Waals surface area contributed by atoms with Gasteiger partial charge in [-0.05, 0) is 48.4 Å². The van der Waals surface area contributed by atoms with Crippen LogP contribution in [0.5, 0.6) is 11.5 Å². The molecule has 0 spiro atoms. The van der Waals surface area contributed by atoms with Gasteiger partial charge in [0.25, 0.3) is 0 Å². The van der Waals surface area contributed by atoms with E-state index in [1.165, 1.54) is 29.7 Å². The molecule has 0 aliphatic heterocycles. The normalized spacial score (nSPS) is 17.4. The molecule has 1 unspecified atom stereocenters. The van der Waals surface area contributed by atoms with Crippen LogP contribution in [0.25, 0.3) is 0 Å². The molecule has 0 bridgehead atoms. The van der Waals surface area contributed by atoms with Gasteiger partial charge >= 0.3 is 0 Å². The van der Waals surface area contributed by atoms with E-state index in [-0.39, 0.29) is 0 Å². The maximum absolute atomic E-state index is 5.36. The van der Waals surface area contributed by atoms with E-state index in [2.05, 4.69) is 16.8 Å². The number of anilines is 1. The molecule has 1 aromatic heterocycles. The molecule has 1 aliphatic rings. The van der Waals surface area contributed by atoms with E-state index in [1.807, 2.05) is 29.5 Å². The predicted molar refractivity (Wildman–Crippen MR) is 83.2 cm³/mol. The van der Waals surface area contributed by atoms with Crippen molar-refractivity contribution < 1.29 is 9.47 Å². The second kappa shape index (κ2) is 5.75. The molecule has 3 rings (SSSR count). The fourth-order valence-corrected chi connectivity index (χ4v) is 3.75. The molecule has 0 fully saturated rings. The maximum atomic E-state index is 5.36. The summed E-state index contributed by atoms with van der Waals surface area (Å²) < 4.78 is 10.6. The van der Waals surface area contributed by atoms with Crippen LogP contribution in [-0.2, 0) is 6.42 Å². The summed E-state index contributed by atoms with van der Waals surface area (Å²) in [5.41, 5.74) is 2.53. The van der Waals surface area contributed by atoms with Gasteiger partial charge in [0.05, 0.1) is 20.3 Å². The molecule has 2 aromatic rings. The summed E-state index contributed by atoms with van der Waals surface area (Å²) in [5.74, 6) is 1.52. The Morgan fingerprint density at radius 2 is 2.00 bits per heavy atom. The van der Waals surface area contributed by atoms with Gasteiger partial charge in [-0.2, -0.15) is 0 Å². The number of methoxy groups -OCH3 is 2. The zero-order valence-electron chi connectivity index (χ0n) is 11.8. The number of fused-ring (bicyclic) bond motifs is 1. The minimum atomic E-state index is 0.406. The predicted octanol–water partition coefficient (Wildman–Crippen LogP) is 4.25. The average Bonchev–Trinajstić information content (AvgIpc) is 2.96. The highest BCUT2D eigenvalue weighted by Crippen LogP contribution is 2.37. The third-order valence-electron chi connectivity index (χ3n) is 3.78. The van der Waals surface area contributed by atoms with Gasteiger partial charge in [0, 0.05) is 16.6 Å². The molecule has 0 saturated heterocycles. The highest BCUT2D eigenvalue weighted by atomic mass is 32.1. The molecule has 1 heterocycles. The monoisotopic (exact) mass is 289 g/mol. The van der Waals surface area contributed by atoms with Gasteiger partial charge in [-0.25, -0.2) is 0 Å². The summed E-state index contributed by atoms with van der Waals surface area (Å²) in [5, 5.41) is 5.81. The van der Waals surface area contributed by atoms with E-state index in [1.54, 1.807) is 14.2 Å². The van der Waals surface area contributed by atoms with Crippen LogP contribution in [0.3, 0.4) is 0 Å². The SMILES string of the molecule is COc1ccc(NC2CCCc3sccc32)cc1OC. The Labute approximate surface area is 123 Å². The highest BCUT2D eigenvalue weighted by Gasteiger charge is 2.21. The van der Waals surface area contributed by atoms with Crippen molar-refractivity contribution in [2.45, 2.75) is 25.3 Å². The minimum Gasteiger partial charge on any atom is -0.493 e. The van der Waals surface area contributed by atoms with E-state index in [0.717, 1.165) is 17.2 Å². The number of thiophene rings is 1. The summed E-state index contributed by atoms with van der Waals surface area (Å²) in [7, 11) is 3.32. The van der Waals surface area contributed by atoms with Gasteiger partial charge in [-0.15, -0.1) is 11.3 Å². The fraction of sp³-hybridized carbons (Fsp3) is 0.375. The molecule has 0 radical (unpaired) electrons. The van der Waals surface area contributed by atoms with Gasteiger partial charge < -0.3 is 14.8 Å². The lowest BCUT2D eigenvalue weighted by Crippen LogP contribution is -2.15. The van der Waals surface area contributed by atoms with Crippen molar-refractivity contribution in [1.82, 2.24) is 0 Å². The van der Waals surface area contributed by atoms with E-state index in [0.29, 0.717) is 6.04 Å². The Kier molecular flexibility index (Phi) is 3.83. The molecule has 1 aromatic carbocycles. The molecule has 106 valence electrons. The van der Waals surface area contributed by atoms with Crippen LogP contribution >= 0.6 is 11.3 Å². The van der Waals surface area contributed by atoms with Crippen LogP contribution in [0.15, 0.2) is 29.6 Å². The number of hydrogen-bond acceptors (Lipinski definition) is 4. The van der Waals surface area contributed by atoms with Crippen LogP contribution in [0.1, 0.15) is 29.3 Å². The Bertz CT molecular complexity index is 594. The Balaban J connectivity index is 1.82. The van der Waals surface area contributed by atoms with Gasteiger partial charge in [-0.3, -0.25) is 0 Å². The van der Waals surface area contributed by atoms with Crippen LogP contribution < -0.4 is 14.8 Å². The highest BCUT2D eigenvalue weighted by molar-refractivity contribution is 7.10. The Morgan fingerprint density at radius 3 is 2.80 bits per heavy atom. The molecule has 1 atom stereocenters. The first kappa shape index (κ1) is 13.3. The van der Waals surface area contributed by atoms with Gasteiger partial charge in [0.15, 0.2) is 11.5 Å². The van der Waals surface area contributed by atoms with Crippen LogP contribution in [0.2, 0.25) is 0 Å². The minimum absolute atomic E-state index is 0.406. The zero-order valence-corrected chi connectivity index (χ0v) is 12.6. The summed E-state index contributed by atoms with van der Waals surface area (Å²) >= 11 is 1.87. The van der Waals surface area contributed by atoms with Crippen LogP contribution in [-0.4, -0.2) is 14.2 Å². The lowest BCUT2D eigenvalue weighted by atomic mass is 9.94. The first-order valence-corrected chi connectivity index (χ1v) is 7.74. The molecule has 3 nitrogen and oxygen atoms in total. The number of ether oxygens (including phenoxy) is 2. The number of hydrogen-bond donors (Lipinski definition) is 1. The van der Waals surface area contributed by atoms with Crippen molar-refractivity contribution in [3.8, 4) is 11.5 Å². The zero-order chi connectivity index (χ0) is 13.9. The Hall–Kier alpha value is -1.68. The third kappa shape index (κ3) is 2.48. The lowest BCUT2D eigenvalue weighted by Gasteiger charge is -2.25. The topological polar surface area (TPSA) is 30.5 Å². The second-order valence-electron chi connectivity index (χ2n) is 4.96. The van der Waals surface area contributed by atoms with Crippen LogP contribution in [0.4, 0.5) is 5.69 Å². The quantitative estimate of drug-likeness (QED) is 0.912. The lowest BCUT2D eigenvalue weighted by molar-refractivity contribution is 0.355. The second-order valence-corrected chi connectivity index (χ2v) is 5.96. The van der Waals surface area contributed by atoms with E-state index < -0.39 is 0 Å². The summed E-state index contributed by atoms with van der Waals surface area (Å²) in [6.07, 6.45) is 3.65. The molecule has 20 heavy (non-hydrogen) atoms. The average molecular weight is 289 g/mol. The summed E-state index contributed by atoms with van der Waals surface area (Å²) in [6.45, 7) is 0. The smallest absolute Gasteiger partial charge is 0.162 e. The third-order valence-corrected chi connectivity index (χ3v) is 4.77. The Morgan fingerprint density at radius 1 is 1.15 bits per heavy atom. The number of rotatable bonds is 4. The number of benzene rings is 1. The van der Waals surface area contributed by atoms with E-state index in [4.69, 9.17) is 9.47 Å². The van der Waals surface area contributed by atoms with Crippen LogP contribution in [0, 0.1) is 0 Å². The molecular formula is C16H19NO2S. The van der Waals surface area contributed by atoms with Gasteiger partial charge in [0.1, 0.15) is 0 Å². The molecule has 0 saturated carbocycles.